The van der Waals surface area contributed by atoms with Crippen LogP contribution in [0, 0.1) is 20.8 Å². The molecule has 1 aliphatic rings. The van der Waals surface area contributed by atoms with Gasteiger partial charge >= 0.3 is 0 Å². The second kappa shape index (κ2) is 4.93. The number of piperazine rings is 1. The number of carbonyl (C=O) groups excluding carboxylic acids is 2. The van der Waals surface area contributed by atoms with Crippen molar-refractivity contribution < 1.29 is 9.59 Å². The van der Waals surface area contributed by atoms with E-state index in [-0.39, 0.29) is 18.4 Å². The van der Waals surface area contributed by atoms with Gasteiger partial charge in [-0.3, -0.25) is 9.59 Å². The first-order valence-corrected chi connectivity index (χ1v) is 6.88. The molecule has 2 amide bonds. The quantitative estimate of drug-likeness (QED) is 0.894. The number of amides is 2. The van der Waals surface area contributed by atoms with Gasteiger partial charge in [-0.05, 0) is 51.3 Å². The molecule has 1 heterocycles. The molecular weight excluding hydrogens is 252 g/mol. The molecule has 0 aliphatic carbocycles. The zero-order chi connectivity index (χ0) is 15.1. The van der Waals surface area contributed by atoms with E-state index in [9.17, 15) is 9.59 Å². The summed E-state index contributed by atoms with van der Waals surface area (Å²) < 4.78 is 0. The highest BCUT2D eigenvalue weighted by Crippen LogP contribution is 2.21. The van der Waals surface area contributed by atoms with Crippen LogP contribution in [0.15, 0.2) is 12.1 Å². The van der Waals surface area contributed by atoms with Crippen molar-refractivity contribution in [1.82, 2.24) is 10.2 Å². The summed E-state index contributed by atoms with van der Waals surface area (Å²) in [5.41, 5.74) is 3.86. The normalized spacial score (nSPS) is 18.1. The minimum atomic E-state index is -0.818. The van der Waals surface area contributed by atoms with Gasteiger partial charge in [0.1, 0.15) is 5.54 Å². The SMILES string of the molecule is Cc1cc(C)c(CN2CC(=O)NC(C)(C)C2=O)c(C)c1. The topological polar surface area (TPSA) is 49.4 Å². The van der Waals surface area contributed by atoms with Gasteiger partial charge in [0.25, 0.3) is 0 Å². The van der Waals surface area contributed by atoms with Gasteiger partial charge in [-0.15, -0.1) is 0 Å². The number of benzene rings is 1. The van der Waals surface area contributed by atoms with Gasteiger partial charge in [-0.2, -0.15) is 0 Å². The van der Waals surface area contributed by atoms with E-state index in [4.69, 9.17) is 0 Å². The first-order chi connectivity index (χ1) is 9.20. The van der Waals surface area contributed by atoms with E-state index in [0.717, 1.165) is 5.56 Å². The molecule has 0 spiro atoms. The zero-order valence-corrected chi connectivity index (χ0v) is 12.8. The predicted molar refractivity (Wildman–Crippen MR) is 78.3 cm³/mol. The summed E-state index contributed by atoms with van der Waals surface area (Å²) in [6.45, 7) is 10.3. The van der Waals surface area contributed by atoms with Crippen molar-refractivity contribution in [2.75, 3.05) is 6.54 Å². The molecule has 1 N–H and O–H groups in total. The van der Waals surface area contributed by atoms with Crippen LogP contribution < -0.4 is 5.32 Å². The van der Waals surface area contributed by atoms with Crippen molar-refractivity contribution in [3.05, 3.63) is 34.4 Å². The number of nitrogens with zero attached hydrogens (tertiary/aromatic N) is 1. The monoisotopic (exact) mass is 274 g/mol. The minimum absolute atomic E-state index is 0.0310. The van der Waals surface area contributed by atoms with E-state index in [1.807, 2.05) is 0 Å². The fraction of sp³-hybridized carbons (Fsp3) is 0.500. The van der Waals surface area contributed by atoms with Crippen LogP contribution >= 0.6 is 0 Å². The van der Waals surface area contributed by atoms with Crippen molar-refractivity contribution in [3.63, 3.8) is 0 Å². The average Bonchev–Trinajstić information content (AvgIpc) is 2.28. The first kappa shape index (κ1) is 14.6. The van der Waals surface area contributed by atoms with Gasteiger partial charge < -0.3 is 10.2 Å². The number of rotatable bonds is 2. The van der Waals surface area contributed by atoms with Crippen molar-refractivity contribution in [1.29, 1.82) is 0 Å². The van der Waals surface area contributed by atoms with Crippen LogP contribution in [-0.4, -0.2) is 28.8 Å². The Hall–Kier alpha value is -1.84. The zero-order valence-electron chi connectivity index (χ0n) is 12.8. The second-order valence-corrected chi connectivity index (χ2v) is 6.21. The van der Waals surface area contributed by atoms with Gasteiger partial charge in [0.15, 0.2) is 0 Å². The molecule has 0 atom stereocenters. The minimum Gasteiger partial charge on any atom is -0.341 e. The number of nitrogens with one attached hydrogen (secondary N) is 1. The van der Waals surface area contributed by atoms with Crippen molar-refractivity contribution in [3.8, 4) is 0 Å². The summed E-state index contributed by atoms with van der Waals surface area (Å²) in [5, 5.41) is 2.73. The number of carbonyl (C=O) groups is 2. The van der Waals surface area contributed by atoms with E-state index in [0.29, 0.717) is 6.54 Å². The molecule has 0 aromatic heterocycles. The Labute approximate surface area is 120 Å². The Morgan fingerprint density at radius 3 is 2.25 bits per heavy atom. The number of aryl methyl sites for hydroxylation is 3. The summed E-state index contributed by atoms with van der Waals surface area (Å²) in [5.74, 6) is -0.131. The third kappa shape index (κ3) is 2.69. The summed E-state index contributed by atoms with van der Waals surface area (Å²) in [6.07, 6.45) is 0. The number of hydrogen-bond acceptors (Lipinski definition) is 2. The van der Waals surface area contributed by atoms with E-state index in [1.165, 1.54) is 16.7 Å². The van der Waals surface area contributed by atoms with Crippen LogP contribution in [0.4, 0.5) is 0 Å². The Balaban J connectivity index is 2.30. The molecule has 2 rings (SSSR count). The molecule has 4 nitrogen and oxygen atoms in total. The van der Waals surface area contributed by atoms with Crippen LogP contribution in [0.5, 0.6) is 0 Å². The maximum absolute atomic E-state index is 12.4. The Morgan fingerprint density at radius 2 is 1.70 bits per heavy atom. The molecular formula is C16H22N2O2. The molecule has 1 aliphatic heterocycles. The van der Waals surface area contributed by atoms with E-state index >= 15 is 0 Å². The van der Waals surface area contributed by atoms with E-state index < -0.39 is 5.54 Å². The van der Waals surface area contributed by atoms with Gasteiger partial charge in [-0.1, -0.05) is 17.7 Å². The Morgan fingerprint density at radius 1 is 1.15 bits per heavy atom. The molecule has 1 aromatic carbocycles. The highest BCUT2D eigenvalue weighted by molar-refractivity contribution is 5.97. The van der Waals surface area contributed by atoms with Crippen molar-refractivity contribution in [2.45, 2.75) is 46.7 Å². The van der Waals surface area contributed by atoms with E-state index in [1.54, 1.807) is 18.7 Å². The molecule has 108 valence electrons. The van der Waals surface area contributed by atoms with Gasteiger partial charge in [-0.25, -0.2) is 0 Å². The fourth-order valence-electron chi connectivity index (χ4n) is 2.86. The Bertz CT molecular complexity index is 553. The summed E-state index contributed by atoms with van der Waals surface area (Å²) >= 11 is 0. The third-order valence-electron chi connectivity index (χ3n) is 3.80. The highest BCUT2D eigenvalue weighted by atomic mass is 16.2. The summed E-state index contributed by atoms with van der Waals surface area (Å²) in [7, 11) is 0. The largest absolute Gasteiger partial charge is 0.341 e. The predicted octanol–water partition coefficient (Wildman–Crippen LogP) is 1.85. The van der Waals surface area contributed by atoms with Crippen LogP contribution in [0.25, 0.3) is 0 Å². The molecule has 0 unspecified atom stereocenters. The molecule has 0 saturated carbocycles. The maximum Gasteiger partial charge on any atom is 0.248 e. The molecule has 0 radical (unpaired) electrons. The molecule has 0 bridgehead atoms. The lowest BCUT2D eigenvalue weighted by Crippen LogP contribution is -2.63. The van der Waals surface area contributed by atoms with E-state index in [2.05, 4.69) is 38.2 Å². The lowest BCUT2D eigenvalue weighted by atomic mass is 9.96. The molecule has 1 aromatic rings. The first-order valence-electron chi connectivity index (χ1n) is 6.88. The van der Waals surface area contributed by atoms with Crippen LogP contribution in [0.1, 0.15) is 36.1 Å². The number of hydrogen-bond donors (Lipinski definition) is 1. The molecule has 1 fully saturated rings. The Kier molecular flexibility index (Phi) is 3.59. The lowest BCUT2D eigenvalue weighted by molar-refractivity contribution is -0.148. The second-order valence-electron chi connectivity index (χ2n) is 6.21. The smallest absolute Gasteiger partial charge is 0.248 e. The fourth-order valence-corrected chi connectivity index (χ4v) is 2.86. The van der Waals surface area contributed by atoms with Crippen LogP contribution in [-0.2, 0) is 16.1 Å². The summed E-state index contributed by atoms with van der Waals surface area (Å²) in [6, 6.07) is 4.23. The van der Waals surface area contributed by atoms with Crippen LogP contribution in [0.3, 0.4) is 0 Å². The molecule has 20 heavy (non-hydrogen) atoms. The maximum atomic E-state index is 12.4. The third-order valence-corrected chi connectivity index (χ3v) is 3.80. The van der Waals surface area contributed by atoms with Gasteiger partial charge in [0.2, 0.25) is 11.8 Å². The van der Waals surface area contributed by atoms with Crippen LogP contribution in [0.2, 0.25) is 0 Å². The lowest BCUT2D eigenvalue weighted by Gasteiger charge is -2.38. The van der Waals surface area contributed by atoms with Gasteiger partial charge in [0.05, 0.1) is 6.54 Å². The average molecular weight is 274 g/mol. The summed E-state index contributed by atoms with van der Waals surface area (Å²) in [4.78, 5) is 25.8. The van der Waals surface area contributed by atoms with Crippen molar-refractivity contribution in [2.24, 2.45) is 0 Å². The van der Waals surface area contributed by atoms with Crippen molar-refractivity contribution >= 4 is 11.8 Å². The molecule has 1 saturated heterocycles. The standard InChI is InChI=1S/C16H22N2O2/c1-10-6-11(2)13(12(3)7-10)8-18-9-14(19)17-16(4,5)15(18)20/h6-7H,8-9H2,1-5H3,(H,17,19). The van der Waals surface area contributed by atoms with Gasteiger partial charge in [0, 0.05) is 6.54 Å². The molecule has 4 heteroatoms. The highest BCUT2D eigenvalue weighted by Gasteiger charge is 2.39.